The molecule has 30 heavy (non-hydrogen) atoms. The Labute approximate surface area is 169 Å². The van der Waals surface area contributed by atoms with Gasteiger partial charge in [-0.15, -0.1) is 0 Å². The molecule has 2 aromatic heterocycles. The molecule has 3 atom stereocenters. The number of aromatic nitrogens is 3. The maximum Gasteiger partial charge on any atom is 0.433 e. The number of hydrogen-bond acceptors (Lipinski definition) is 7. The quantitative estimate of drug-likeness (QED) is 0.681. The first-order chi connectivity index (χ1) is 14.3. The average Bonchev–Trinajstić information content (AvgIpc) is 3.19. The molecule has 3 heterocycles. The van der Waals surface area contributed by atoms with E-state index in [0.717, 1.165) is 6.07 Å². The van der Waals surface area contributed by atoms with Gasteiger partial charge in [0, 0.05) is 25.1 Å². The topological polar surface area (TPSA) is 94.5 Å². The number of rotatable bonds is 5. The van der Waals surface area contributed by atoms with Crippen molar-refractivity contribution in [3.8, 4) is 5.88 Å². The summed E-state index contributed by atoms with van der Waals surface area (Å²) in [5, 5.41) is 0. The summed E-state index contributed by atoms with van der Waals surface area (Å²) in [6.45, 7) is 1.27. The highest BCUT2D eigenvalue weighted by Gasteiger charge is 2.57. The first kappa shape index (κ1) is 20.0. The standard InChI is InChI=1S/C19H17F3N4O4/c1-29-18(28)14-6-23-13(5-24-14)17(27)26-7-10-11(8-26)12(10)9-30-16-4-2-3-15(25-16)19(20,21)22/h2-6,10-12H,7-9H2,1H3/t10-,11+,12+. The van der Waals surface area contributed by atoms with E-state index in [4.69, 9.17) is 4.74 Å². The molecule has 2 aliphatic rings. The van der Waals surface area contributed by atoms with Crippen molar-refractivity contribution < 1.29 is 32.2 Å². The van der Waals surface area contributed by atoms with Crippen LogP contribution >= 0.6 is 0 Å². The van der Waals surface area contributed by atoms with Crippen molar-refractivity contribution in [1.82, 2.24) is 19.9 Å². The lowest BCUT2D eigenvalue weighted by atomic mass is 10.2. The van der Waals surface area contributed by atoms with Gasteiger partial charge in [0.25, 0.3) is 5.91 Å². The van der Waals surface area contributed by atoms with Gasteiger partial charge in [-0.3, -0.25) is 4.79 Å². The van der Waals surface area contributed by atoms with Crippen LogP contribution < -0.4 is 4.74 Å². The molecule has 0 aromatic carbocycles. The SMILES string of the molecule is COC(=O)c1cnc(C(=O)N2C[C@@H]3[C@@H](COc4cccc(C(F)(F)F)n4)[C@@H]3C2)cn1. The number of likely N-dealkylation sites (tertiary alicyclic amines) is 1. The number of carbonyl (C=O) groups excluding carboxylic acids is 2. The summed E-state index contributed by atoms with van der Waals surface area (Å²) in [7, 11) is 1.23. The Kier molecular flexibility index (Phi) is 5.04. The van der Waals surface area contributed by atoms with Gasteiger partial charge in [-0.1, -0.05) is 6.07 Å². The van der Waals surface area contributed by atoms with Crippen LogP contribution in [0.5, 0.6) is 5.88 Å². The molecular weight excluding hydrogens is 405 g/mol. The molecule has 1 aliphatic carbocycles. The van der Waals surface area contributed by atoms with Crippen LogP contribution in [0.2, 0.25) is 0 Å². The van der Waals surface area contributed by atoms with Crippen LogP contribution in [0.3, 0.4) is 0 Å². The van der Waals surface area contributed by atoms with Gasteiger partial charge in [-0.25, -0.2) is 19.7 Å². The first-order valence-corrected chi connectivity index (χ1v) is 9.14. The maximum absolute atomic E-state index is 12.7. The largest absolute Gasteiger partial charge is 0.477 e. The maximum atomic E-state index is 12.7. The van der Waals surface area contributed by atoms with Gasteiger partial charge in [0.15, 0.2) is 5.69 Å². The van der Waals surface area contributed by atoms with Crippen LogP contribution in [-0.2, 0) is 10.9 Å². The van der Waals surface area contributed by atoms with Gasteiger partial charge in [-0.05, 0) is 17.9 Å². The number of amides is 1. The van der Waals surface area contributed by atoms with Crippen molar-refractivity contribution in [1.29, 1.82) is 0 Å². The number of fused-ring (bicyclic) bond motifs is 1. The highest BCUT2D eigenvalue weighted by Crippen LogP contribution is 2.51. The Morgan fingerprint density at radius 1 is 1.13 bits per heavy atom. The summed E-state index contributed by atoms with van der Waals surface area (Å²) >= 11 is 0. The fourth-order valence-electron chi connectivity index (χ4n) is 3.71. The second-order valence-corrected chi connectivity index (χ2v) is 7.15. The van der Waals surface area contributed by atoms with Crippen molar-refractivity contribution in [2.24, 2.45) is 17.8 Å². The molecule has 2 fully saturated rings. The number of alkyl halides is 3. The number of carbonyl (C=O) groups is 2. The molecule has 0 N–H and O–H groups in total. The van der Waals surface area contributed by atoms with E-state index < -0.39 is 17.8 Å². The van der Waals surface area contributed by atoms with E-state index in [-0.39, 0.29) is 47.5 Å². The molecule has 1 saturated heterocycles. The van der Waals surface area contributed by atoms with Gasteiger partial charge in [0.1, 0.15) is 11.4 Å². The summed E-state index contributed by atoms with van der Waals surface area (Å²) in [5.74, 6) is -0.377. The fourth-order valence-corrected chi connectivity index (χ4v) is 3.71. The zero-order valence-corrected chi connectivity index (χ0v) is 15.8. The van der Waals surface area contributed by atoms with E-state index in [2.05, 4.69) is 19.7 Å². The van der Waals surface area contributed by atoms with Crippen molar-refractivity contribution in [2.75, 3.05) is 26.8 Å². The number of hydrogen-bond donors (Lipinski definition) is 0. The number of ether oxygens (including phenoxy) is 2. The third-order valence-electron chi connectivity index (χ3n) is 5.36. The molecule has 11 heteroatoms. The molecular formula is C19H17F3N4O4. The Hall–Kier alpha value is -3.24. The lowest BCUT2D eigenvalue weighted by molar-refractivity contribution is -0.141. The summed E-state index contributed by atoms with van der Waals surface area (Å²) < 4.78 is 48.1. The van der Waals surface area contributed by atoms with E-state index in [0.29, 0.717) is 13.1 Å². The fraction of sp³-hybridized carbons (Fsp3) is 0.421. The molecule has 0 unspecified atom stereocenters. The van der Waals surface area contributed by atoms with E-state index in [1.165, 1.54) is 31.6 Å². The Bertz CT molecular complexity index is 955. The molecule has 1 amide bonds. The molecule has 0 bridgehead atoms. The number of nitrogens with zero attached hydrogens (tertiary/aromatic N) is 4. The van der Waals surface area contributed by atoms with Crippen molar-refractivity contribution >= 4 is 11.9 Å². The predicted molar refractivity (Wildman–Crippen MR) is 94.5 cm³/mol. The van der Waals surface area contributed by atoms with Crippen LogP contribution in [0.25, 0.3) is 0 Å². The number of piperidine rings is 1. The lowest BCUT2D eigenvalue weighted by Gasteiger charge is -2.19. The minimum atomic E-state index is -4.52. The van der Waals surface area contributed by atoms with Crippen molar-refractivity contribution in [2.45, 2.75) is 6.18 Å². The van der Waals surface area contributed by atoms with Crippen LogP contribution in [0.1, 0.15) is 26.7 Å². The van der Waals surface area contributed by atoms with E-state index in [1.54, 1.807) is 4.90 Å². The predicted octanol–water partition coefficient (Wildman–Crippen LogP) is 2.07. The van der Waals surface area contributed by atoms with Gasteiger partial charge in [0.05, 0.1) is 26.1 Å². The normalized spacial score (nSPS) is 22.4. The molecule has 4 rings (SSSR count). The van der Waals surface area contributed by atoms with Gasteiger partial charge in [0.2, 0.25) is 5.88 Å². The van der Waals surface area contributed by atoms with Crippen LogP contribution in [0, 0.1) is 17.8 Å². The minimum Gasteiger partial charge on any atom is -0.477 e. The van der Waals surface area contributed by atoms with Gasteiger partial charge >= 0.3 is 12.1 Å². The van der Waals surface area contributed by atoms with Gasteiger partial charge < -0.3 is 14.4 Å². The molecule has 1 saturated carbocycles. The summed E-state index contributed by atoms with van der Waals surface area (Å²) in [4.78, 5) is 36.9. The van der Waals surface area contributed by atoms with Crippen LogP contribution in [0.15, 0.2) is 30.6 Å². The molecule has 1 aliphatic heterocycles. The smallest absolute Gasteiger partial charge is 0.433 e. The van der Waals surface area contributed by atoms with Crippen molar-refractivity contribution in [3.63, 3.8) is 0 Å². The summed E-state index contributed by atoms with van der Waals surface area (Å²) in [6, 6.07) is 3.54. The second-order valence-electron chi connectivity index (χ2n) is 7.15. The average molecular weight is 422 g/mol. The number of pyridine rings is 1. The van der Waals surface area contributed by atoms with Crippen molar-refractivity contribution in [3.05, 3.63) is 47.7 Å². The summed E-state index contributed by atoms with van der Waals surface area (Å²) in [5.41, 5.74) is -0.851. The highest BCUT2D eigenvalue weighted by atomic mass is 19.4. The number of esters is 1. The zero-order chi connectivity index (χ0) is 21.5. The Morgan fingerprint density at radius 3 is 2.40 bits per heavy atom. The van der Waals surface area contributed by atoms with Crippen LogP contribution in [0.4, 0.5) is 13.2 Å². The highest BCUT2D eigenvalue weighted by molar-refractivity contribution is 5.93. The lowest BCUT2D eigenvalue weighted by Crippen LogP contribution is -2.33. The van der Waals surface area contributed by atoms with E-state index >= 15 is 0 Å². The third kappa shape index (κ3) is 3.91. The molecule has 0 radical (unpaired) electrons. The summed E-state index contributed by atoms with van der Waals surface area (Å²) in [6.07, 6.45) is -2.10. The molecule has 158 valence electrons. The molecule has 2 aromatic rings. The van der Waals surface area contributed by atoms with E-state index in [9.17, 15) is 22.8 Å². The minimum absolute atomic E-state index is 0.0127. The Balaban J connectivity index is 1.29. The second kappa shape index (κ2) is 7.54. The zero-order valence-electron chi connectivity index (χ0n) is 15.8. The molecule has 8 nitrogen and oxygen atoms in total. The number of methoxy groups -OCH3 is 1. The van der Waals surface area contributed by atoms with Crippen LogP contribution in [-0.4, -0.2) is 58.5 Å². The molecule has 0 spiro atoms. The monoisotopic (exact) mass is 422 g/mol. The van der Waals surface area contributed by atoms with Gasteiger partial charge in [-0.2, -0.15) is 13.2 Å². The number of halogens is 3. The third-order valence-corrected chi connectivity index (χ3v) is 5.36. The first-order valence-electron chi connectivity index (χ1n) is 9.14. The van der Waals surface area contributed by atoms with E-state index in [1.807, 2.05) is 0 Å². The Morgan fingerprint density at radius 2 is 1.80 bits per heavy atom.